The van der Waals surface area contributed by atoms with Gasteiger partial charge in [0.05, 0.1) is 13.2 Å². The van der Waals surface area contributed by atoms with Gasteiger partial charge in [-0.1, -0.05) is 13.8 Å². The molecule has 0 saturated carbocycles. The van der Waals surface area contributed by atoms with Crippen molar-refractivity contribution in [3.05, 3.63) is 0 Å². The second-order valence-electron chi connectivity index (χ2n) is 11.0. The number of thioether (sulfide) groups is 1. The van der Waals surface area contributed by atoms with E-state index in [1.807, 2.05) is 20.1 Å². The highest BCUT2D eigenvalue weighted by Crippen LogP contribution is 2.19. The molecule has 17 heteroatoms. The number of nitrogens with zero attached hydrogens (tertiary/aromatic N) is 1. The van der Waals surface area contributed by atoms with Gasteiger partial charge in [-0.05, 0) is 57.5 Å². The lowest BCUT2D eigenvalue weighted by Gasteiger charge is -2.29. The average molecular weight is 646 g/mol. The molecule has 0 aliphatic carbocycles. The van der Waals surface area contributed by atoms with E-state index in [2.05, 4.69) is 26.6 Å². The van der Waals surface area contributed by atoms with Crippen LogP contribution in [0.4, 0.5) is 0 Å². The third-order valence-corrected chi connectivity index (χ3v) is 7.55. The number of aliphatic hydroxyl groups excluding tert-OH is 1. The van der Waals surface area contributed by atoms with Crippen LogP contribution in [0.5, 0.6) is 0 Å². The third-order valence-electron chi connectivity index (χ3n) is 6.90. The summed E-state index contributed by atoms with van der Waals surface area (Å²) < 4.78 is 0. The molecule has 44 heavy (non-hydrogen) atoms. The molecular weight excluding hydrogens is 598 g/mol. The number of nitrogens with two attached hydrogens (primary N) is 1. The zero-order valence-corrected chi connectivity index (χ0v) is 26.7. The Morgan fingerprint density at radius 2 is 1.48 bits per heavy atom. The summed E-state index contributed by atoms with van der Waals surface area (Å²) in [5.41, 5.74) is 5.35. The van der Waals surface area contributed by atoms with Crippen LogP contribution < -0.4 is 32.3 Å². The third kappa shape index (κ3) is 12.3. The van der Waals surface area contributed by atoms with E-state index in [4.69, 9.17) is 10.8 Å². The SMILES string of the molecule is CSCC[C@H](NC(=O)[C@H](C)NC(=O)[C@H](CC(C)C)NC(=O)CN)C(=O)N[C@@H](C)C(=O)N1CCC[C@H]1C(=O)N[C@@H](CO)C(=O)O. The van der Waals surface area contributed by atoms with Gasteiger partial charge in [-0.15, -0.1) is 0 Å². The van der Waals surface area contributed by atoms with Crippen molar-refractivity contribution in [2.75, 3.05) is 31.7 Å². The van der Waals surface area contributed by atoms with Gasteiger partial charge in [0.1, 0.15) is 36.3 Å². The normalized spacial score (nSPS) is 17.9. The zero-order valence-electron chi connectivity index (χ0n) is 25.9. The molecule has 6 atom stereocenters. The summed E-state index contributed by atoms with van der Waals surface area (Å²) in [6.07, 6.45) is 3.11. The number of hydrogen-bond acceptors (Lipinski definition) is 10. The van der Waals surface area contributed by atoms with Gasteiger partial charge in [-0.3, -0.25) is 28.8 Å². The maximum Gasteiger partial charge on any atom is 0.328 e. The number of carboxylic acids is 1. The molecule has 0 bridgehead atoms. The van der Waals surface area contributed by atoms with Crippen LogP contribution in [0.3, 0.4) is 0 Å². The monoisotopic (exact) mass is 645 g/mol. The van der Waals surface area contributed by atoms with E-state index < -0.39 is 84.3 Å². The predicted octanol–water partition coefficient (Wildman–Crippen LogP) is -2.72. The largest absolute Gasteiger partial charge is 0.480 e. The van der Waals surface area contributed by atoms with E-state index in [0.717, 1.165) is 0 Å². The number of hydrogen-bond donors (Lipinski definition) is 8. The maximum atomic E-state index is 13.2. The lowest BCUT2D eigenvalue weighted by molar-refractivity contribution is -0.145. The van der Waals surface area contributed by atoms with Gasteiger partial charge in [0, 0.05) is 6.54 Å². The molecule has 250 valence electrons. The minimum absolute atomic E-state index is 0.0599. The van der Waals surface area contributed by atoms with Gasteiger partial charge >= 0.3 is 5.97 Å². The minimum Gasteiger partial charge on any atom is -0.480 e. The number of likely N-dealkylation sites (tertiary alicyclic amines) is 1. The topological polar surface area (TPSA) is 249 Å². The summed E-state index contributed by atoms with van der Waals surface area (Å²) in [6.45, 7) is 5.70. The summed E-state index contributed by atoms with van der Waals surface area (Å²) in [5.74, 6) is -4.56. The van der Waals surface area contributed by atoms with Crippen LogP contribution in [0, 0.1) is 5.92 Å². The average Bonchev–Trinajstić information content (AvgIpc) is 3.46. The molecule has 1 rings (SSSR count). The molecule has 0 aromatic carbocycles. The number of carbonyl (C=O) groups excluding carboxylic acids is 6. The minimum atomic E-state index is -1.52. The van der Waals surface area contributed by atoms with E-state index in [-0.39, 0.29) is 31.8 Å². The Hall–Kier alpha value is -3.44. The second-order valence-corrected chi connectivity index (χ2v) is 12.0. The Balaban J connectivity index is 2.89. The Morgan fingerprint density at radius 3 is 2.02 bits per heavy atom. The Kier molecular flexibility index (Phi) is 16.7. The highest BCUT2D eigenvalue weighted by atomic mass is 32.2. The number of aliphatic carboxylic acids is 1. The van der Waals surface area contributed by atoms with Crippen molar-refractivity contribution >= 4 is 53.2 Å². The molecule has 6 amide bonds. The molecule has 0 unspecified atom stereocenters. The van der Waals surface area contributed by atoms with Crippen LogP contribution in [0.25, 0.3) is 0 Å². The number of nitrogens with one attached hydrogen (secondary N) is 5. The van der Waals surface area contributed by atoms with Crippen LogP contribution in [-0.4, -0.2) is 124 Å². The molecule has 1 saturated heterocycles. The van der Waals surface area contributed by atoms with Gasteiger partial charge in [-0.2, -0.15) is 11.8 Å². The molecule has 0 aromatic rings. The molecule has 0 aromatic heterocycles. The van der Waals surface area contributed by atoms with Crippen molar-refractivity contribution in [2.24, 2.45) is 11.7 Å². The fourth-order valence-electron chi connectivity index (χ4n) is 4.52. The standard InChI is InChI=1S/C27H47N7O9S/c1-14(2)11-18(31-21(36)12-28)24(39)29-15(3)22(37)32-17(8-10-44-5)23(38)30-16(4)26(41)34-9-6-7-20(34)25(40)33-19(13-35)27(42)43/h14-20,35H,6-13,28H2,1-5H3,(H,29,39)(H,30,38)(H,31,36)(H,32,37)(H,33,40)(H,42,43)/t15-,16-,17-,18-,19-,20-/m0/s1. The Morgan fingerprint density at radius 1 is 0.864 bits per heavy atom. The van der Waals surface area contributed by atoms with Gasteiger partial charge in [0.2, 0.25) is 35.4 Å². The number of aliphatic hydroxyl groups is 1. The predicted molar refractivity (Wildman–Crippen MR) is 162 cm³/mol. The van der Waals surface area contributed by atoms with E-state index in [0.29, 0.717) is 18.6 Å². The van der Waals surface area contributed by atoms with Gasteiger partial charge in [0.25, 0.3) is 0 Å². The Labute approximate surface area is 261 Å². The molecule has 1 fully saturated rings. The van der Waals surface area contributed by atoms with Crippen molar-refractivity contribution in [1.82, 2.24) is 31.5 Å². The first-order valence-corrected chi connectivity index (χ1v) is 15.9. The lowest BCUT2D eigenvalue weighted by Crippen LogP contribution is -2.58. The van der Waals surface area contributed by atoms with Crippen molar-refractivity contribution in [3.8, 4) is 0 Å². The fraction of sp³-hybridized carbons (Fsp3) is 0.741. The Bertz CT molecular complexity index is 1050. The van der Waals surface area contributed by atoms with Crippen molar-refractivity contribution < 1.29 is 43.8 Å². The van der Waals surface area contributed by atoms with E-state index in [9.17, 15) is 38.7 Å². The first-order chi connectivity index (χ1) is 20.7. The van der Waals surface area contributed by atoms with Gasteiger partial charge in [0.15, 0.2) is 0 Å². The van der Waals surface area contributed by atoms with Crippen LogP contribution in [0.2, 0.25) is 0 Å². The molecule has 1 aliphatic heterocycles. The molecule has 0 spiro atoms. The van der Waals surface area contributed by atoms with Crippen LogP contribution in [0.1, 0.15) is 53.4 Å². The number of carboxylic acid groups (broad SMARTS) is 1. The molecule has 9 N–H and O–H groups in total. The highest BCUT2D eigenvalue weighted by molar-refractivity contribution is 7.98. The summed E-state index contributed by atoms with van der Waals surface area (Å²) >= 11 is 1.44. The molecule has 16 nitrogen and oxygen atoms in total. The van der Waals surface area contributed by atoms with Crippen LogP contribution in [0.15, 0.2) is 0 Å². The van der Waals surface area contributed by atoms with E-state index >= 15 is 0 Å². The van der Waals surface area contributed by atoms with Crippen molar-refractivity contribution in [1.29, 1.82) is 0 Å². The smallest absolute Gasteiger partial charge is 0.328 e. The quantitative estimate of drug-likeness (QED) is 0.0760. The number of amides is 6. The zero-order chi connectivity index (χ0) is 33.6. The van der Waals surface area contributed by atoms with Crippen LogP contribution in [-0.2, 0) is 33.6 Å². The number of rotatable bonds is 18. The van der Waals surface area contributed by atoms with E-state index in [1.54, 1.807) is 0 Å². The van der Waals surface area contributed by atoms with Crippen molar-refractivity contribution in [2.45, 2.75) is 89.6 Å². The molecule has 1 aliphatic rings. The summed E-state index contributed by atoms with van der Waals surface area (Å²) in [7, 11) is 0. The number of carbonyl (C=O) groups is 7. The first-order valence-electron chi connectivity index (χ1n) is 14.5. The summed E-state index contributed by atoms with van der Waals surface area (Å²) in [4.78, 5) is 89.1. The summed E-state index contributed by atoms with van der Waals surface area (Å²) in [5, 5.41) is 30.8. The molecule has 1 heterocycles. The summed E-state index contributed by atoms with van der Waals surface area (Å²) in [6, 6.07) is -6.59. The van der Waals surface area contributed by atoms with Gasteiger partial charge in [-0.25, -0.2) is 4.79 Å². The lowest BCUT2D eigenvalue weighted by atomic mass is 10.0. The van der Waals surface area contributed by atoms with Gasteiger partial charge < -0.3 is 47.4 Å². The maximum absolute atomic E-state index is 13.2. The van der Waals surface area contributed by atoms with E-state index in [1.165, 1.54) is 30.5 Å². The highest BCUT2D eigenvalue weighted by Gasteiger charge is 2.38. The molecular formula is C27H47N7O9S. The second kappa shape index (κ2) is 19.1. The first kappa shape index (κ1) is 38.6. The fourth-order valence-corrected chi connectivity index (χ4v) is 4.99. The van der Waals surface area contributed by atoms with Crippen molar-refractivity contribution in [3.63, 3.8) is 0 Å². The molecule has 0 radical (unpaired) electrons. The van der Waals surface area contributed by atoms with Crippen LogP contribution >= 0.6 is 11.8 Å².